The summed E-state index contributed by atoms with van der Waals surface area (Å²) in [7, 11) is 0. The van der Waals surface area contributed by atoms with E-state index in [0.717, 1.165) is 6.42 Å². The molecule has 3 unspecified atom stereocenters. The van der Waals surface area contributed by atoms with Crippen LogP contribution in [0, 0.1) is 23.2 Å². The van der Waals surface area contributed by atoms with E-state index in [2.05, 4.69) is 47.3 Å². The van der Waals surface area contributed by atoms with E-state index in [1.165, 1.54) is 0 Å². The molecule has 7 nitrogen and oxygen atoms in total. The average molecular weight is 440 g/mol. The highest BCUT2D eigenvalue weighted by molar-refractivity contribution is 8.00. The van der Waals surface area contributed by atoms with Crippen molar-refractivity contribution in [3.63, 3.8) is 0 Å². The Morgan fingerprint density at radius 2 is 1.43 bits per heavy atom. The van der Waals surface area contributed by atoms with E-state index < -0.39 is 27.8 Å². The van der Waals surface area contributed by atoms with Gasteiger partial charge in [-0.2, -0.15) is 25.7 Å². The van der Waals surface area contributed by atoms with Crippen LogP contribution in [-0.4, -0.2) is 38.3 Å². The normalized spacial score (nSPS) is 18.3. The van der Waals surface area contributed by atoms with Gasteiger partial charge in [-0.1, -0.05) is 13.8 Å². The first-order valence-corrected chi connectivity index (χ1v) is 11.5. The van der Waals surface area contributed by atoms with Gasteiger partial charge in [0.1, 0.15) is 4.87 Å². The molecular formula is C22H41N5O2S. The lowest BCUT2D eigenvalue weighted by Crippen LogP contribution is -2.29. The number of rotatable bonds is 11. The van der Waals surface area contributed by atoms with Crippen molar-refractivity contribution >= 4 is 17.7 Å². The molecule has 172 valence electrons. The van der Waals surface area contributed by atoms with E-state index in [9.17, 15) is 15.2 Å². The van der Waals surface area contributed by atoms with E-state index in [1.807, 2.05) is 41.5 Å². The van der Waals surface area contributed by atoms with Gasteiger partial charge < -0.3 is 5.11 Å². The third-order valence-electron chi connectivity index (χ3n) is 4.03. The van der Waals surface area contributed by atoms with Gasteiger partial charge in [0.25, 0.3) is 0 Å². The van der Waals surface area contributed by atoms with Crippen molar-refractivity contribution in [2.45, 2.75) is 110 Å². The molecule has 0 radical (unpaired) electrons. The van der Waals surface area contributed by atoms with E-state index >= 15 is 0 Å². The van der Waals surface area contributed by atoms with Crippen molar-refractivity contribution < 1.29 is 9.90 Å². The third kappa shape index (κ3) is 12.9. The molecule has 0 saturated heterocycles. The fourth-order valence-corrected chi connectivity index (χ4v) is 4.12. The molecular weight excluding hydrogens is 398 g/mol. The molecule has 0 amide bonds. The van der Waals surface area contributed by atoms with E-state index in [-0.39, 0.29) is 12.0 Å². The van der Waals surface area contributed by atoms with Gasteiger partial charge in [-0.25, -0.2) is 0 Å². The number of hydrogen-bond acceptors (Lipinski definition) is 7. The largest absolute Gasteiger partial charge is 0.481 e. The van der Waals surface area contributed by atoms with Crippen molar-refractivity contribution in [1.29, 1.82) is 5.26 Å². The van der Waals surface area contributed by atoms with Gasteiger partial charge in [0.15, 0.2) is 5.54 Å². The van der Waals surface area contributed by atoms with Crippen LogP contribution in [0.1, 0.15) is 88.5 Å². The zero-order valence-electron chi connectivity index (χ0n) is 20.5. The van der Waals surface area contributed by atoms with Crippen LogP contribution in [0.5, 0.6) is 0 Å². The van der Waals surface area contributed by atoms with Gasteiger partial charge in [0.2, 0.25) is 0 Å². The molecule has 30 heavy (non-hydrogen) atoms. The number of thioether (sulfide) groups is 1. The maximum absolute atomic E-state index is 11.9. The summed E-state index contributed by atoms with van der Waals surface area (Å²) in [5, 5.41) is 36.7. The predicted molar refractivity (Wildman–Crippen MR) is 124 cm³/mol. The Labute approximate surface area is 187 Å². The van der Waals surface area contributed by atoms with Gasteiger partial charge in [-0.15, -0.1) is 11.8 Å². The first-order valence-electron chi connectivity index (χ1n) is 10.6. The van der Waals surface area contributed by atoms with Crippen LogP contribution in [0.25, 0.3) is 0 Å². The molecule has 1 N–H and O–H groups in total. The average Bonchev–Trinajstić information content (AvgIpc) is 2.55. The summed E-state index contributed by atoms with van der Waals surface area (Å²) in [4.78, 5) is 11.4. The zero-order chi connectivity index (χ0) is 23.8. The molecule has 0 aliphatic rings. The van der Waals surface area contributed by atoms with Crippen molar-refractivity contribution in [2.75, 3.05) is 5.75 Å². The molecule has 0 aromatic rings. The number of hydrogen-bond donors (Lipinski definition) is 1. The molecule has 0 rings (SSSR count). The Kier molecular flexibility index (Phi) is 10.7. The number of carboxylic acids is 1. The predicted octanol–water partition coefficient (Wildman–Crippen LogP) is 6.75. The molecule has 0 aromatic carbocycles. The second kappa shape index (κ2) is 11.2. The van der Waals surface area contributed by atoms with Crippen molar-refractivity contribution in [1.82, 2.24) is 0 Å². The molecule has 8 heteroatoms. The highest BCUT2D eigenvalue weighted by Gasteiger charge is 2.33. The molecule has 0 fully saturated rings. The van der Waals surface area contributed by atoms with Crippen LogP contribution in [-0.2, 0) is 4.79 Å². The molecule has 0 aromatic heterocycles. The fourth-order valence-electron chi connectivity index (χ4n) is 2.72. The van der Waals surface area contributed by atoms with Gasteiger partial charge >= 0.3 is 5.97 Å². The fraction of sp³-hybridized carbons (Fsp3) is 0.909. The number of carbonyl (C=O) groups is 1. The summed E-state index contributed by atoms with van der Waals surface area (Å²) >= 11 is 1.63. The maximum Gasteiger partial charge on any atom is 0.306 e. The molecule has 0 heterocycles. The number of aliphatic carboxylic acids is 1. The standard InChI is InChI=1S/C22H41N5O2S/c1-16(2)13-22(10,27-25-20(6,7)8)30-12-11-17(18(28)29)14-21(9,15-23)26-24-19(3,4)5/h16-17H,11-14H2,1-10H3,(H,28,29). The van der Waals surface area contributed by atoms with Crippen LogP contribution >= 0.6 is 11.8 Å². The monoisotopic (exact) mass is 439 g/mol. The smallest absolute Gasteiger partial charge is 0.306 e. The third-order valence-corrected chi connectivity index (χ3v) is 5.34. The second-order valence-corrected chi connectivity index (χ2v) is 12.4. The molecule has 0 saturated carbocycles. The number of nitriles is 1. The van der Waals surface area contributed by atoms with Crippen molar-refractivity contribution in [2.24, 2.45) is 32.3 Å². The van der Waals surface area contributed by atoms with Gasteiger partial charge in [0, 0.05) is 6.42 Å². The van der Waals surface area contributed by atoms with Crippen molar-refractivity contribution in [3.8, 4) is 6.07 Å². The molecule has 0 aliphatic carbocycles. The van der Waals surface area contributed by atoms with E-state index in [4.69, 9.17) is 0 Å². The molecule has 3 atom stereocenters. The Balaban J connectivity index is 5.27. The highest BCUT2D eigenvalue weighted by Crippen LogP contribution is 2.36. The van der Waals surface area contributed by atoms with Crippen LogP contribution < -0.4 is 0 Å². The lowest BCUT2D eigenvalue weighted by molar-refractivity contribution is -0.142. The first kappa shape index (κ1) is 28.5. The van der Waals surface area contributed by atoms with Crippen molar-refractivity contribution in [3.05, 3.63) is 0 Å². The minimum absolute atomic E-state index is 0.128. The topological polar surface area (TPSA) is 111 Å². The number of azo groups is 2. The lowest BCUT2D eigenvalue weighted by Gasteiger charge is -2.28. The van der Waals surface area contributed by atoms with Crippen LogP contribution in [0.2, 0.25) is 0 Å². The number of carboxylic acid groups (broad SMARTS) is 1. The summed E-state index contributed by atoms with van der Waals surface area (Å²) in [5.74, 6) is -0.536. The van der Waals surface area contributed by atoms with E-state index in [0.29, 0.717) is 18.1 Å². The SMILES string of the molecule is CC(C)CC(C)(N=NC(C)(C)C)SCCC(CC(C)(C#N)N=NC(C)(C)C)C(=O)O. The first-order chi connectivity index (χ1) is 13.4. The summed E-state index contributed by atoms with van der Waals surface area (Å²) in [6.45, 7) is 19.7. The minimum Gasteiger partial charge on any atom is -0.481 e. The van der Waals surface area contributed by atoms with Gasteiger partial charge in [-0.3, -0.25) is 4.79 Å². The quantitative estimate of drug-likeness (QED) is 0.359. The Morgan fingerprint density at radius 1 is 0.933 bits per heavy atom. The van der Waals surface area contributed by atoms with Crippen LogP contribution in [0.3, 0.4) is 0 Å². The zero-order valence-corrected chi connectivity index (χ0v) is 21.3. The minimum atomic E-state index is -1.16. The van der Waals surface area contributed by atoms with Gasteiger partial charge in [-0.05, 0) is 79.9 Å². The summed E-state index contributed by atoms with van der Waals surface area (Å²) in [6, 6.07) is 2.14. The van der Waals surface area contributed by atoms with Crippen LogP contribution in [0.15, 0.2) is 20.5 Å². The Bertz CT molecular complexity index is 658. The summed E-state index contributed by atoms with van der Waals surface area (Å²) in [5.41, 5.74) is -1.83. The maximum atomic E-state index is 11.9. The summed E-state index contributed by atoms with van der Waals surface area (Å²) < 4.78 is 0. The highest BCUT2D eigenvalue weighted by atomic mass is 32.2. The second-order valence-electron chi connectivity index (χ2n) is 10.8. The van der Waals surface area contributed by atoms with Crippen LogP contribution in [0.4, 0.5) is 0 Å². The molecule has 0 bridgehead atoms. The summed E-state index contributed by atoms with van der Waals surface area (Å²) in [6.07, 6.45) is 1.41. The van der Waals surface area contributed by atoms with Gasteiger partial charge in [0.05, 0.1) is 23.1 Å². The number of nitrogens with zero attached hydrogens (tertiary/aromatic N) is 5. The Morgan fingerprint density at radius 3 is 1.83 bits per heavy atom. The lowest BCUT2D eigenvalue weighted by atomic mass is 9.89. The molecule has 0 aliphatic heterocycles. The molecule has 0 spiro atoms. The van der Waals surface area contributed by atoms with E-state index in [1.54, 1.807) is 18.7 Å². The Hall–Kier alpha value is -1.49.